The van der Waals surface area contributed by atoms with Crippen LogP contribution in [0.3, 0.4) is 0 Å². The number of ether oxygens (including phenoxy) is 1. The van der Waals surface area contributed by atoms with Crippen LogP contribution in [0.15, 0.2) is 18.2 Å². The zero-order valence-corrected chi connectivity index (χ0v) is 12.2. The first kappa shape index (κ1) is 14.5. The molecule has 20 heavy (non-hydrogen) atoms. The summed E-state index contributed by atoms with van der Waals surface area (Å²) in [6, 6.07) is 6.21. The maximum absolute atomic E-state index is 11.1. The molecule has 3 N–H and O–H groups in total. The Kier molecular flexibility index (Phi) is 4.71. The van der Waals surface area contributed by atoms with Crippen molar-refractivity contribution in [1.29, 1.82) is 0 Å². The number of carbonyl (C=O) groups excluding carboxylic acids is 1. The smallest absolute Gasteiger partial charge is 0.217 e. The standard InChI is InChI=1S/C15H23N3O2/c1-3-20-15-10-13(4-5-14(15)16)18-8-6-12(7-9-18)17-11(2)19/h4-5,10,12H,3,6-9,16H2,1-2H3,(H,17,19). The van der Waals surface area contributed by atoms with Crippen LogP contribution < -0.4 is 20.7 Å². The van der Waals surface area contributed by atoms with Gasteiger partial charge in [-0.2, -0.15) is 0 Å². The molecule has 0 radical (unpaired) electrons. The van der Waals surface area contributed by atoms with Crippen molar-refractivity contribution < 1.29 is 9.53 Å². The van der Waals surface area contributed by atoms with Crippen molar-refractivity contribution in [2.24, 2.45) is 0 Å². The molecular weight excluding hydrogens is 254 g/mol. The van der Waals surface area contributed by atoms with E-state index in [0.717, 1.165) is 37.4 Å². The average Bonchev–Trinajstić information content (AvgIpc) is 2.42. The lowest BCUT2D eigenvalue weighted by atomic mass is 10.0. The normalized spacial score (nSPS) is 16.0. The molecule has 1 aliphatic rings. The average molecular weight is 277 g/mol. The Hall–Kier alpha value is -1.91. The maximum atomic E-state index is 11.1. The molecule has 1 aromatic carbocycles. The molecule has 5 nitrogen and oxygen atoms in total. The van der Waals surface area contributed by atoms with E-state index in [1.165, 1.54) is 0 Å². The van der Waals surface area contributed by atoms with Gasteiger partial charge in [0.05, 0.1) is 12.3 Å². The summed E-state index contributed by atoms with van der Waals surface area (Å²) in [5.41, 5.74) is 7.69. The number of rotatable bonds is 4. The van der Waals surface area contributed by atoms with Crippen molar-refractivity contribution in [2.45, 2.75) is 32.7 Å². The maximum Gasteiger partial charge on any atom is 0.217 e. The molecule has 2 rings (SSSR count). The molecule has 0 saturated carbocycles. The molecule has 1 saturated heterocycles. The van der Waals surface area contributed by atoms with Crippen molar-refractivity contribution in [2.75, 3.05) is 30.3 Å². The largest absolute Gasteiger partial charge is 0.492 e. The number of nitrogens with zero attached hydrogens (tertiary/aromatic N) is 1. The van der Waals surface area contributed by atoms with Gasteiger partial charge in [0.25, 0.3) is 0 Å². The summed E-state index contributed by atoms with van der Waals surface area (Å²) < 4.78 is 5.53. The van der Waals surface area contributed by atoms with Gasteiger partial charge in [-0.15, -0.1) is 0 Å². The Morgan fingerprint density at radius 3 is 2.75 bits per heavy atom. The molecule has 5 heteroatoms. The number of anilines is 2. The number of nitrogens with one attached hydrogen (secondary N) is 1. The van der Waals surface area contributed by atoms with E-state index in [4.69, 9.17) is 10.5 Å². The van der Waals surface area contributed by atoms with Crippen LogP contribution in [0.5, 0.6) is 5.75 Å². The highest BCUT2D eigenvalue weighted by molar-refractivity contribution is 5.73. The van der Waals surface area contributed by atoms with Gasteiger partial charge in [0.15, 0.2) is 0 Å². The molecule has 0 spiro atoms. The van der Waals surface area contributed by atoms with Gasteiger partial charge in [0, 0.05) is 37.8 Å². The van der Waals surface area contributed by atoms with Gasteiger partial charge in [-0.3, -0.25) is 4.79 Å². The van der Waals surface area contributed by atoms with Crippen LogP contribution in [-0.4, -0.2) is 31.6 Å². The van der Waals surface area contributed by atoms with Gasteiger partial charge in [0.1, 0.15) is 5.75 Å². The predicted molar refractivity (Wildman–Crippen MR) is 81.1 cm³/mol. The molecule has 1 aromatic rings. The fraction of sp³-hybridized carbons (Fsp3) is 0.533. The Morgan fingerprint density at radius 2 is 2.15 bits per heavy atom. The highest BCUT2D eigenvalue weighted by Crippen LogP contribution is 2.29. The summed E-state index contributed by atoms with van der Waals surface area (Å²) in [4.78, 5) is 13.4. The molecular formula is C15H23N3O2. The summed E-state index contributed by atoms with van der Waals surface area (Å²) >= 11 is 0. The summed E-state index contributed by atoms with van der Waals surface area (Å²) in [7, 11) is 0. The monoisotopic (exact) mass is 277 g/mol. The fourth-order valence-electron chi connectivity index (χ4n) is 2.57. The fourth-order valence-corrected chi connectivity index (χ4v) is 2.57. The molecule has 110 valence electrons. The second kappa shape index (κ2) is 6.50. The van der Waals surface area contributed by atoms with Crippen LogP contribution in [0.1, 0.15) is 26.7 Å². The van der Waals surface area contributed by atoms with Gasteiger partial charge in [0.2, 0.25) is 5.91 Å². The minimum absolute atomic E-state index is 0.0505. The third-order valence-electron chi connectivity index (χ3n) is 3.56. The summed E-state index contributed by atoms with van der Waals surface area (Å²) in [6.07, 6.45) is 1.93. The SMILES string of the molecule is CCOc1cc(N2CCC(NC(C)=O)CC2)ccc1N. The van der Waals surface area contributed by atoms with E-state index in [2.05, 4.69) is 10.2 Å². The van der Waals surface area contributed by atoms with Gasteiger partial charge in [-0.05, 0) is 31.9 Å². The van der Waals surface area contributed by atoms with Crippen LogP contribution in [0.2, 0.25) is 0 Å². The van der Waals surface area contributed by atoms with Gasteiger partial charge < -0.3 is 20.7 Å². The first-order valence-corrected chi connectivity index (χ1v) is 7.14. The number of nitrogens with two attached hydrogens (primary N) is 1. The van der Waals surface area contributed by atoms with E-state index in [1.54, 1.807) is 6.92 Å². The van der Waals surface area contributed by atoms with E-state index in [1.807, 2.05) is 25.1 Å². The van der Waals surface area contributed by atoms with Crippen LogP contribution in [-0.2, 0) is 4.79 Å². The second-order valence-electron chi connectivity index (χ2n) is 5.12. The molecule has 0 unspecified atom stereocenters. The first-order chi connectivity index (χ1) is 9.60. The van der Waals surface area contributed by atoms with Crippen molar-refractivity contribution in [3.05, 3.63) is 18.2 Å². The Balaban J connectivity index is 1.99. The lowest BCUT2D eigenvalue weighted by Gasteiger charge is -2.34. The number of amides is 1. The molecule has 0 bridgehead atoms. The molecule has 0 atom stereocenters. The third kappa shape index (κ3) is 3.56. The minimum Gasteiger partial charge on any atom is -0.492 e. The van der Waals surface area contributed by atoms with Gasteiger partial charge >= 0.3 is 0 Å². The Morgan fingerprint density at radius 1 is 1.45 bits per heavy atom. The van der Waals surface area contributed by atoms with E-state index in [-0.39, 0.29) is 5.91 Å². The number of hydrogen-bond donors (Lipinski definition) is 2. The van der Waals surface area contributed by atoms with Gasteiger partial charge in [-0.1, -0.05) is 0 Å². The number of piperidine rings is 1. The number of carbonyl (C=O) groups is 1. The van der Waals surface area contributed by atoms with Crippen molar-refractivity contribution >= 4 is 17.3 Å². The highest BCUT2D eigenvalue weighted by atomic mass is 16.5. The van der Waals surface area contributed by atoms with Crippen LogP contribution >= 0.6 is 0 Å². The number of benzene rings is 1. The van der Waals surface area contributed by atoms with Crippen LogP contribution in [0.4, 0.5) is 11.4 Å². The second-order valence-corrected chi connectivity index (χ2v) is 5.12. The molecule has 0 aromatic heterocycles. The van der Waals surface area contributed by atoms with Crippen molar-refractivity contribution in [3.63, 3.8) is 0 Å². The van der Waals surface area contributed by atoms with Crippen molar-refractivity contribution in [1.82, 2.24) is 5.32 Å². The highest BCUT2D eigenvalue weighted by Gasteiger charge is 2.20. The molecule has 0 aliphatic carbocycles. The Labute approximate surface area is 120 Å². The van der Waals surface area contributed by atoms with Crippen molar-refractivity contribution in [3.8, 4) is 5.75 Å². The van der Waals surface area contributed by atoms with E-state index in [0.29, 0.717) is 18.3 Å². The molecule has 1 amide bonds. The summed E-state index contributed by atoms with van der Waals surface area (Å²) in [5, 5.41) is 2.98. The summed E-state index contributed by atoms with van der Waals surface area (Å²) in [5.74, 6) is 0.795. The predicted octanol–water partition coefficient (Wildman–Crippen LogP) is 1.77. The lowest BCUT2D eigenvalue weighted by Crippen LogP contribution is -2.44. The Bertz CT molecular complexity index is 468. The topological polar surface area (TPSA) is 67.6 Å². The molecule has 1 fully saturated rings. The number of hydrogen-bond acceptors (Lipinski definition) is 4. The zero-order valence-electron chi connectivity index (χ0n) is 12.2. The number of nitrogen functional groups attached to an aromatic ring is 1. The molecule has 1 aliphatic heterocycles. The zero-order chi connectivity index (χ0) is 14.5. The summed E-state index contributed by atoms with van der Waals surface area (Å²) in [6.45, 7) is 5.99. The first-order valence-electron chi connectivity index (χ1n) is 7.14. The van der Waals surface area contributed by atoms with Crippen LogP contribution in [0, 0.1) is 0 Å². The minimum atomic E-state index is 0.0505. The van der Waals surface area contributed by atoms with E-state index in [9.17, 15) is 4.79 Å². The lowest BCUT2D eigenvalue weighted by molar-refractivity contribution is -0.119. The van der Waals surface area contributed by atoms with Crippen LogP contribution in [0.25, 0.3) is 0 Å². The van der Waals surface area contributed by atoms with E-state index >= 15 is 0 Å². The third-order valence-corrected chi connectivity index (χ3v) is 3.56. The molecule has 1 heterocycles. The van der Waals surface area contributed by atoms with Gasteiger partial charge in [-0.25, -0.2) is 0 Å². The van der Waals surface area contributed by atoms with E-state index < -0.39 is 0 Å². The quantitative estimate of drug-likeness (QED) is 0.823.